The first kappa shape index (κ1) is 25.1. The van der Waals surface area contributed by atoms with Crippen molar-refractivity contribution >= 4 is 16.5 Å². The molecule has 0 heterocycles. The minimum absolute atomic E-state index is 0. The second-order valence-corrected chi connectivity index (χ2v) is 3.96. The Labute approximate surface area is 137 Å². The zero-order chi connectivity index (χ0) is 15.5. The van der Waals surface area contributed by atoms with Crippen molar-refractivity contribution in [3.8, 4) is 5.75 Å². The van der Waals surface area contributed by atoms with E-state index in [4.69, 9.17) is 0 Å². The molecular formula is C19H34N2O. The highest BCUT2D eigenvalue weighted by Gasteiger charge is 2.04. The standard InChI is InChI=1S/C13H14N2O.2C2H6.2CH4/c1-9(2)14-15-12-8-7-10-5-3-4-6-11(10)13(12)16;2*1-2;;/h3-9,16H,1-2H3;2*1-2H3;2*1H4. The number of fused-ring (bicyclic) bond motifs is 1. The predicted octanol–water partition coefficient (Wildman–Crippen LogP) is 7.36. The third-order valence-corrected chi connectivity index (χ3v) is 2.28. The molecule has 0 bridgehead atoms. The van der Waals surface area contributed by atoms with Crippen molar-refractivity contribution in [3.05, 3.63) is 36.4 Å². The van der Waals surface area contributed by atoms with E-state index in [0.717, 1.165) is 10.8 Å². The average Bonchev–Trinajstić information content (AvgIpc) is 2.51. The summed E-state index contributed by atoms with van der Waals surface area (Å²) >= 11 is 0. The van der Waals surface area contributed by atoms with Crippen LogP contribution in [0.5, 0.6) is 5.75 Å². The van der Waals surface area contributed by atoms with Gasteiger partial charge in [-0.2, -0.15) is 10.2 Å². The van der Waals surface area contributed by atoms with Crippen LogP contribution >= 0.6 is 0 Å². The fourth-order valence-corrected chi connectivity index (χ4v) is 1.50. The van der Waals surface area contributed by atoms with Crippen molar-refractivity contribution in [3.63, 3.8) is 0 Å². The minimum Gasteiger partial charge on any atom is -0.505 e. The highest BCUT2D eigenvalue weighted by Crippen LogP contribution is 2.34. The van der Waals surface area contributed by atoms with Crippen molar-refractivity contribution < 1.29 is 5.11 Å². The summed E-state index contributed by atoms with van der Waals surface area (Å²) in [5, 5.41) is 19.9. The summed E-state index contributed by atoms with van der Waals surface area (Å²) in [7, 11) is 0. The van der Waals surface area contributed by atoms with Gasteiger partial charge in [0.05, 0.1) is 6.04 Å². The molecule has 0 amide bonds. The Morgan fingerprint density at radius 1 is 0.864 bits per heavy atom. The van der Waals surface area contributed by atoms with Crippen LogP contribution < -0.4 is 0 Å². The maximum Gasteiger partial charge on any atom is 0.150 e. The summed E-state index contributed by atoms with van der Waals surface area (Å²) in [6.07, 6.45) is 0. The number of rotatable bonds is 2. The van der Waals surface area contributed by atoms with Gasteiger partial charge in [-0.05, 0) is 25.3 Å². The van der Waals surface area contributed by atoms with Gasteiger partial charge in [-0.15, -0.1) is 0 Å². The van der Waals surface area contributed by atoms with E-state index in [0.29, 0.717) is 5.69 Å². The fraction of sp³-hybridized carbons (Fsp3) is 0.474. The lowest BCUT2D eigenvalue weighted by molar-refractivity contribution is 0.482. The molecule has 0 aliphatic heterocycles. The van der Waals surface area contributed by atoms with Gasteiger partial charge >= 0.3 is 0 Å². The monoisotopic (exact) mass is 306 g/mol. The molecule has 3 heteroatoms. The molecule has 0 fully saturated rings. The lowest BCUT2D eigenvalue weighted by atomic mass is 10.1. The van der Waals surface area contributed by atoms with Crippen LogP contribution in [0.15, 0.2) is 46.6 Å². The molecule has 0 atom stereocenters. The Morgan fingerprint density at radius 2 is 1.41 bits per heavy atom. The van der Waals surface area contributed by atoms with Gasteiger partial charge in [0.15, 0.2) is 5.75 Å². The summed E-state index contributed by atoms with van der Waals surface area (Å²) in [6.45, 7) is 11.9. The van der Waals surface area contributed by atoms with Gasteiger partial charge in [0.2, 0.25) is 0 Å². The zero-order valence-corrected chi connectivity index (χ0v) is 13.4. The quantitative estimate of drug-likeness (QED) is 0.578. The Bertz CT molecular complexity index is 534. The van der Waals surface area contributed by atoms with Gasteiger partial charge in [-0.1, -0.05) is 72.9 Å². The van der Waals surface area contributed by atoms with Crippen molar-refractivity contribution in [2.24, 2.45) is 10.2 Å². The molecular weight excluding hydrogens is 272 g/mol. The SMILES string of the molecule is C.C.CC.CC.CC(C)N=Nc1ccc2ccccc2c1O. The molecule has 2 aromatic rings. The molecule has 0 aromatic heterocycles. The molecule has 0 spiro atoms. The molecule has 0 radical (unpaired) electrons. The number of phenolic OH excluding ortho intramolecular Hbond substituents is 1. The lowest BCUT2D eigenvalue weighted by Crippen LogP contribution is -1.84. The second-order valence-electron chi connectivity index (χ2n) is 3.96. The molecule has 0 unspecified atom stereocenters. The molecule has 0 saturated heterocycles. The maximum absolute atomic E-state index is 10.0. The van der Waals surface area contributed by atoms with E-state index in [9.17, 15) is 5.11 Å². The van der Waals surface area contributed by atoms with E-state index in [2.05, 4.69) is 10.2 Å². The highest BCUT2D eigenvalue weighted by molar-refractivity contribution is 5.92. The first-order valence-electron chi connectivity index (χ1n) is 7.30. The van der Waals surface area contributed by atoms with Gasteiger partial charge in [-0.3, -0.25) is 0 Å². The van der Waals surface area contributed by atoms with Crippen LogP contribution in [0.3, 0.4) is 0 Å². The van der Waals surface area contributed by atoms with Crippen LogP contribution in [0.2, 0.25) is 0 Å². The normalized spacial score (nSPS) is 9.05. The van der Waals surface area contributed by atoms with E-state index in [1.54, 1.807) is 6.07 Å². The third-order valence-electron chi connectivity index (χ3n) is 2.28. The van der Waals surface area contributed by atoms with Crippen LogP contribution in [0.1, 0.15) is 56.4 Å². The number of nitrogens with zero attached hydrogens (tertiary/aromatic N) is 2. The van der Waals surface area contributed by atoms with E-state index < -0.39 is 0 Å². The Kier molecular flexibility index (Phi) is 16.0. The van der Waals surface area contributed by atoms with Gasteiger partial charge in [-0.25, -0.2) is 0 Å². The Hall–Kier alpha value is -1.90. The summed E-state index contributed by atoms with van der Waals surface area (Å²) < 4.78 is 0. The van der Waals surface area contributed by atoms with Gasteiger partial charge in [0.25, 0.3) is 0 Å². The van der Waals surface area contributed by atoms with Crippen LogP contribution in [0, 0.1) is 0 Å². The van der Waals surface area contributed by atoms with Gasteiger partial charge in [0.1, 0.15) is 5.69 Å². The Balaban J connectivity index is -0.000000557. The van der Waals surface area contributed by atoms with Gasteiger partial charge < -0.3 is 5.11 Å². The number of azo groups is 1. The first-order valence-corrected chi connectivity index (χ1v) is 7.30. The summed E-state index contributed by atoms with van der Waals surface area (Å²) in [5.41, 5.74) is 0.521. The summed E-state index contributed by atoms with van der Waals surface area (Å²) in [4.78, 5) is 0. The molecule has 2 aromatic carbocycles. The first-order chi connectivity index (χ1) is 9.68. The van der Waals surface area contributed by atoms with E-state index in [-0.39, 0.29) is 26.6 Å². The molecule has 0 saturated carbocycles. The van der Waals surface area contributed by atoms with Crippen molar-refractivity contribution in [2.45, 2.75) is 62.4 Å². The number of hydrogen-bond donors (Lipinski definition) is 1. The molecule has 3 nitrogen and oxygen atoms in total. The molecule has 22 heavy (non-hydrogen) atoms. The van der Waals surface area contributed by atoms with Gasteiger partial charge in [0, 0.05) is 5.39 Å². The fourth-order valence-electron chi connectivity index (χ4n) is 1.50. The molecule has 0 aliphatic carbocycles. The highest BCUT2D eigenvalue weighted by atomic mass is 16.3. The van der Waals surface area contributed by atoms with Crippen molar-refractivity contribution in [2.75, 3.05) is 0 Å². The molecule has 126 valence electrons. The van der Waals surface area contributed by atoms with E-state index in [1.165, 1.54) is 0 Å². The number of hydrogen-bond acceptors (Lipinski definition) is 3. The molecule has 0 aliphatic rings. The largest absolute Gasteiger partial charge is 0.505 e. The number of phenols is 1. The summed E-state index contributed by atoms with van der Waals surface area (Å²) in [5.74, 6) is 0.197. The molecule has 2 rings (SSSR count). The lowest BCUT2D eigenvalue weighted by Gasteiger charge is -2.03. The zero-order valence-electron chi connectivity index (χ0n) is 13.4. The van der Waals surface area contributed by atoms with Crippen molar-refractivity contribution in [1.29, 1.82) is 0 Å². The average molecular weight is 306 g/mol. The van der Waals surface area contributed by atoms with Crippen LogP contribution in [-0.4, -0.2) is 11.1 Å². The van der Waals surface area contributed by atoms with Crippen molar-refractivity contribution in [1.82, 2.24) is 0 Å². The topological polar surface area (TPSA) is 45.0 Å². The maximum atomic E-state index is 10.0. The van der Waals surface area contributed by atoms with E-state index in [1.807, 2.05) is 71.9 Å². The van der Waals surface area contributed by atoms with Crippen LogP contribution in [-0.2, 0) is 0 Å². The Morgan fingerprint density at radius 3 is 1.95 bits per heavy atom. The smallest absolute Gasteiger partial charge is 0.150 e. The predicted molar refractivity (Wildman–Crippen MR) is 101 cm³/mol. The third kappa shape index (κ3) is 7.21. The van der Waals surface area contributed by atoms with Crippen LogP contribution in [0.4, 0.5) is 5.69 Å². The molecule has 1 N–H and O–H groups in total. The summed E-state index contributed by atoms with van der Waals surface area (Å²) in [6, 6.07) is 11.5. The minimum atomic E-state index is 0. The number of benzene rings is 2. The number of aromatic hydroxyl groups is 1. The van der Waals surface area contributed by atoms with E-state index >= 15 is 0 Å². The van der Waals surface area contributed by atoms with Crippen LogP contribution in [0.25, 0.3) is 10.8 Å². The second kappa shape index (κ2) is 14.1.